The van der Waals surface area contributed by atoms with E-state index in [-0.39, 0.29) is 11.9 Å². The van der Waals surface area contributed by atoms with Crippen LogP contribution >= 0.6 is 11.3 Å². The summed E-state index contributed by atoms with van der Waals surface area (Å²) >= 11 is 1.34. The molecule has 2 aliphatic rings. The number of carbonyl (C=O) groups excluding carboxylic acids is 2. The number of hydrogen-bond acceptors (Lipinski definition) is 5. The normalized spacial score (nSPS) is 15.0. The average Bonchev–Trinajstić information content (AvgIpc) is 3.50. The van der Waals surface area contributed by atoms with Crippen LogP contribution < -0.4 is 15.0 Å². The number of nitrogens with zero attached hydrogens (tertiary/aromatic N) is 3. The van der Waals surface area contributed by atoms with E-state index in [9.17, 15) is 9.59 Å². The van der Waals surface area contributed by atoms with Crippen molar-refractivity contribution in [3.63, 3.8) is 0 Å². The van der Waals surface area contributed by atoms with E-state index >= 15 is 0 Å². The lowest BCUT2D eigenvalue weighted by atomic mass is 10.1. The summed E-state index contributed by atoms with van der Waals surface area (Å²) < 4.78 is 5.95. The van der Waals surface area contributed by atoms with Gasteiger partial charge in [-0.2, -0.15) is 0 Å². The summed E-state index contributed by atoms with van der Waals surface area (Å²) in [6.45, 7) is 3.46. The van der Waals surface area contributed by atoms with Crippen molar-refractivity contribution in [2.45, 2.75) is 19.8 Å². The summed E-state index contributed by atoms with van der Waals surface area (Å²) in [5.41, 5.74) is 2.93. The number of rotatable bonds is 4. The van der Waals surface area contributed by atoms with Gasteiger partial charge in [-0.1, -0.05) is 18.2 Å². The summed E-state index contributed by atoms with van der Waals surface area (Å²) in [4.78, 5) is 35.8. The van der Waals surface area contributed by atoms with Gasteiger partial charge in [0.1, 0.15) is 21.2 Å². The van der Waals surface area contributed by atoms with E-state index in [1.807, 2.05) is 66.4 Å². The van der Waals surface area contributed by atoms with Crippen LogP contribution in [0.25, 0.3) is 10.2 Å². The fourth-order valence-corrected chi connectivity index (χ4v) is 5.69. The van der Waals surface area contributed by atoms with E-state index in [2.05, 4.69) is 10.3 Å². The summed E-state index contributed by atoms with van der Waals surface area (Å²) in [7, 11) is 0. The zero-order valence-electron chi connectivity index (χ0n) is 18.6. The van der Waals surface area contributed by atoms with Gasteiger partial charge < -0.3 is 15.0 Å². The Kier molecular flexibility index (Phi) is 4.95. The first-order valence-corrected chi connectivity index (χ1v) is 12.1. The lowest BCUT2D eigenvalue weighted by molar-refractivity contribution is 0.0798. The Morgan fingerprint density at radius 3 is 2.59 bits per heavy atom. The minimum Gasteiger partial charge on any atom is -0.457 e. The van der Waals surface area contributed by atoms with Gasteiger partial charge >= 0.3 is 6.03 Å². The predicted octanol–water partition coefficient (Wildman–Crippen LogP) is 6.32. The van der Waals surface area contributed by atoms with Crippen molar-refractivity contribution >= 4 is 50.6 Å². The first-order chi connectivity index (χ1) is 16.6. The molecule has 2 aromatic heterocycles. The Bertz CT molecular complexity index is 1430. The Morgan fingerprint density at radius 2 is 1.82 bits per heavy atom. The molecule has 170 valence electrons. The highest BCUT2D eigenvalue weighted by Crippen LogP contribution is 2.47. The van der Waals surface area contributed by atoms with E-state index < -0.39 is 0 Å². The molecule has 0 spiro atoms. The van der Waals surface area contributed by atoms with Crippen LogP contribution in [0.15, 0.2) is 60.8 Å². The summed E-state index contributed by atoms with van der Waals surface area (Å²) in [6, 6.07) is 16.8. The highest BCUT2D eigenvalue weighted by atomic mass is 32.1. The van der Waals surface area contributed by atoms with Crippen LogP contribution in [0.2, 0.25) is 0 Å². The fourth-order valence-electron chi connectivity index (χ4n) is 4.61. The van der Waals surface area contributed by atoms with Crippen LogP contribution in [0, 0.1) is 6.92 Å². The van der Waals surface area contributed by atoms with Crippen LogP contribution in [-0.4, -0.2) is 34.9 Å². The third-order valence-corrected chi connectivity index (χ3v) is 7.31. The zero-order chi connectivity index (χ0) is 23.2. The number of benzene rings is 2. The number of pyridine rings is 1. The van der Waals surface area contributed by atoms with Gasteiger partial charge in [0, 0.05) is 19.3 Å². The molecule has 2 aliphatic heterocycles. The van der Waals surface area contributed by atoms with Crippen LogP contribution in [0.4, 0.5) is 21.9 Å². The number of thiophene rings is 1. The number of nitrogens with one attached hydrogen (secondary N) is 1. The molecule has 6 rings (SSSR count). The number of aromatic nitrogens is 1. The number of para-hydroxylation sites is 1. The van der Waals surface area contributed by atoms with E-state index in [1.54, 1.807) is 11.1 Å². The number of carbonyl (C=O) groups is 2. The van der Waals surface area contributed by atoms with Crippen LogP contribution in [0.5, 0.6) is 11.5 Å². The van der Waals surface area contributed by atoms with Crippen molar-refractivity contribution in [2.24, 2.45) is 0 Å². The maximum atomic E-state index is 13.4. The van der Waals surface area contributed by atoms with E-state index in [4.69, 9.17) is 4.74 Å². The molecule has 4 heterocycles. The number of amides is 3. The van der Waals surface area contributed by atoms with E-state index in [0.29, 0.717) is 16.3 Å². The van der Waals surface area contributed by atoms with Gasteiger partial charge in [-0.3, -0.25) is 9.69 Å². The van der Waals surface area contributed by atoms with Crippen molar-refractivity contribution in [3.05, 3.63) is 71.2 Å². The molecule has 0 saturated carbocycles. The van der Waals surface area contributed by atoms with Gasteiger partial charge in [-0.15, -0.1) is 11.3 Å². The number of hydrogen-bond donors (Lipinski definition) is 1. The molecule has 3 amide bonds. The van der Waals surface area contributed by atoms with Gasteiger partial charge in [-0.25, -0.2) is 9.78 Å². The molecule has 1 saturated heterocycles. The highest BCUT2D eigenvalue weighted by molar-refractivity contribution is 7.21. The molecule has 1 N–H and O–H groups in total. The molecule has 0 radical (unpaired) electrons. The zero-order valence-corrected chi connectivity index (χ0v) is 19.4. The maximum absolute atomic E-state index is 13.4. The quantitative estimate of drug-likeness (QED) is 0.379. The second-order valence-electron chi connectivity index (χ2n) is 8.44. The second-order valence-corrected chi connectivity index (χ2v) is 9.44. The molecule has 2 aromatic carbocycles. The highest BCUT2D eigenvalue weighted by Gasteiger charge is 2.34. The SMILES string of the molecule is Cc1cc(Oc2ccccc2)ccc1N1C(=O)Nc2c(C(=O)N3CCCC3)sc3nccc1c23. The predicted molar refractivity (Wildman–Crippen MR) is 134 cm³/mol. The number of aryl methyl sites for hydroxylation is 1. The Hall–Kier alpha value is -3.91. The monoisotopic (exact) mass is 470 g/mol. The second kappa shape index (κ2) is 8.14. The third kappa shape index (κ3) is 3.38. The molecule has 4 aromatic rings. The van der Waals surface area contributed by atoms with Crippen molar-refractivity contribution < 1.29 is 14.3 Å². The van der Waals surface area contributed by atoms with Gasteiger partial charge in [-0.05, 0) is 61.7 Å². The number of ether oxygens (including phenoxy) is 1. The molecule has 0 bridgehead atoms. The van der Waals surface area contributed by atoms with Crippen LogP contribution in [0.3, 0.4) is 0 Å². The smallest absolute Gasteiger partial charge is 0.331 e. The van der Waals surface area contributed by atoms with Gasteiger partial charge in [0.2, 0.25) is 0 Å². The van der Waals surface area contributed by atoms with E-state index in [1.165, 1.54) is 11.3 Å². The van der Waals surface area contributed by atoms with E-state index in [0.717, 1.165) is 58.8 Å². The van der Waals surface area contributed by atoms with Crippen LogP contribution in [0.1, 0.15) is 28.1 Å². The van der Waals surface area contributed by atoms with Crippen molar-refractivity contribution in [1.82, 2.24) is 9.88 Å². The Morgan fingerprint density at radius 1 is 1.03 bits per heavy atom. The fraction of sp³-hybridized carbons (Fsp3) is 0.192. The summed E-state index contributed by atoms with van der Waals surface area (Å²) in [6.07, 6.45) is 3.72. The molecule has 1 fully saturated rings. The van der Waals surface area contributed by atoms with Crippen molar-refractivity contribution in [2.75, 3.05) is 23.3 Å². The topological polar surface area (TPSA) is 74.8 Å². The number of likely N-dealkylation sites (tertiary alicyclic amines) is 1. The molecular weight excluding hydrogens is 448 g/mol. The standard InChI is InChI=1S/C26H22N4O3S/c1-16-15-18(33-17-7-3-2-4-8-17)9-10-19(16)30-20-11-12-27-24-21(20)22(28-26(30)32)23(34-24)25(31)29-13-5-6-14-29/h2-4,7-12,15H,5-6,13-14H2,1H3,(H,28,32). The molecule has 34 heavy (non-hydrogen) atoms. The molecule has 8 heteroatoms. The Labute approximate surface area is 200 Å². The van der Waals surface area contributed by atoms with Gasteiger partial charge in [0.05, 0.1) is 22.4 Å². The first-order valence-electron chi connectivity index (χ1n) is 11.3. The number of urea groups is 1. The Balaban J connectivity index is 1.40. The van der Waals surface area contributed by atoms with Crippen molar-refractivity contribution in [1.29, 1.82) is 0 Å². The summed E-state index contributed by atoms with van der Waals surface area (Å²) in [5, 5.41) is 3.79. The third-order valence-electron chi connectivity index (χ3n) is 6.22. The molecular formula is C26H22N4O3S. The molecule has 0 unspecified atom stereocenters. The molecule has 0 atom stereocenters. The van der Waals surface area contributed by atoms with Crippen molar-refractivity contribution in [3.8, 4) is 11.5 Å². The van der Waals surface area contributed by atoms with Crippen LogP contribution in [-0.2, 0) is 0 Å². The molecule has 0 aliphatic carbocycles. The lowest BCUT2D eigenvalue weighted by Crippen LogP contribution is -2.35. The largest absolute Gasteiger partial charge is 0.457 e. The first kappa shape index (κ1) is 20.7. The van der Waals surface area contributed by atoms with Gasteiger partial charge in [0.15, 0.2) is 0 Å². The minimum atomic E-state index is -0.298. The van der Waals surface area contributed by atoms with Gasteiger partial charge in [0.25, 0.3) is 5.91 Å². The molecule has 7 nitrogen and oxygen atoms in total. The maximum Gasteiger partial charge on any atom is 0.331 e. The number of anilines is 3. The average molecular weight is 471 g/mol. The lowest BCUT2D eigenvalue weighted by Gasteiger charge is -2.29. The summed E-state index contributed by atoms with van der Waals surface area (Å²) in [5.74, 6) is 1.41. The minimum absolute atomic E-state index is 0.0335.